The van der Waals surface area contributed by atoms with E-state index in [4.69, 9.17) is 4.98 Å². The summed E-state index contributed by atoms with van der Waals surface area (Å²) in [6.45, 7) is 4.72. The van der Waals surface area contributed by atoms with Crippen molar-refractivity contribution in [3.8, 4) is 0 Å². The van der Waals surface area contributed by atoms with Crippen LogP contribution in [-0.4, -0.2) is 21.4 Å². The lowest BCUT2D eigenvalue weighted by molar-refractivity contribution is 0.242. The van der Waals surface area contributed by atoms with Crippen LogP contribution in [0.5, 0.6) is 0 Å². The Labute approximate surface area is 145 Å². The Bertz CT molecular complexity index is 895. The molecule has 0 saturated carbocycles. The number of H-pyrrole nitrogens is 1. The SMILES string of the molecule is CCCc1nc2c(c(=O)[nH]1)CCN(Cc1cc3ccccc3s1)C2. The van der Waals surface area contributed by atoms with Gasteiger partial charge in [0.05, 0.1) is 5.69 Å². The quantitative estimate of drug-likeness (QED) is 0.791. The molecule has 0 radical (unpaired) electrons. The lowest BCUT2D eigenvalue weighted by Crippen LogP contribution is -2.35. The fraction of sp³-hybridized carbons (Fsp3) is 0.368. The van der Waals surface area contributed by atoms with E-state index in [0.717, 1.165) is 56.0 Å². The zero-order chi connectivity index (χ0) is 16.5. The third-order valence-corrected chi connectivity index (χ3v) is 5.65. The van der Waals surface area contributed by atoms with Crippen molar-refractivity contribution >= 4 is 21.4 Å². The second-order valence-electron chi connectivity index (χ2n) is 6.40. The molecule has 0 amide bonds. The predicted octanol–water partition coefficient (Wildman–Crippen LogP) is 3.50. The van der Waals surface area contributed by atoms with Gasteiger partial charge in [0.1, 0.15) is 5.82 Å². The normalized spacial score (nSPS) is 14.9. The molecule has 1 aliphatic heterocycles. The molecule has 1 N–H and O–H groups in total. The fourth-order valence-electron chi connectivity index (χ4n) is 3.37. The van der Waals surface area contributed by atoms with Crippen LogP contribution in [0.1, 0.15) is 35.3 Å². The highest BCUT2D eigenvalue weighted by Crippen LogP contribution is 2.27. The minimum Gasteiger partial charge on any atom is -0.310 e. The van der Waals surface area contributed by atoms with Crippen molar-refractivity contribution in [3.63, 3.8) is 0 Å². The van der Waals surface area contributed by atoms with Gasteiger partial charge < -0.3 is 4.98 Å². The first-order chi connectivity index (χ1) is 11.7. The standard InChI is InChI=1S/C19H21N3OS/c1-2-5-18-20-16-12-22(9-8-15(16)19(23)21-18)11-14-10-13-6-3-4-7-17(13)24-14/h3-4,6-7,10H,2,5,8-9,11-12H2,1H3,(H,20,21,23). The number of rotatable bonds is 4. The molecule has 0 saturated heterocycles. The smallest absolute Gasteiger partial charge is 0.254 e. The van der Waals surface area contributed by atoms with Crippen LogP contribution < -0.4 is 5.56 Å². The summed E-state index contributed by atoms with van der Waals surface area (Å²) in [6.07, 6.45) is 2.61. The molecule has 3 heterocycles. The maximum atomic E-state index is 12.2. The topological polar surface area (TPSA) is 49.0 Å². The van der Waals surface area contributed by atoms with Crippen molar-refractivity contribution in [1.29, 1.82) is 0 Å². The van der Waals surface area contributed by atoms with Gasteiger partial charge >= 0.3 is 0 Å². The van der Waals surface area contributed by atoms with Crippen LogP contribution in [0.3, 0.4) is 0 Å². The van der Waals surface area contributed by atoms with Gasteiger partial charge in [-0.25, -0.2) is 4.98 Å². The van der Waals surface area contributed by atoms with E-state index in [1.54, 1.807) is 0 Å². The molecule has 124 valence electrons. The van der Waals surface area contributed by atoms with E-state index in [1.165, 1.54) is 15.0 Å². The molecule has 4 nitrogen and oxygen atoms in total. The highest BCUT2D eigenvalue weighted by atomic mass is 32.1. The minimum absolute atomic E-state index is 0.0602. The summed E-state index contributed by atoms with van der Waals surface area (Å²) in [5.41, 5.74) is 1.90. The summed E-state index contributed by atoms with van der Waals surface area (Å²) < 4.78 is 1.34. The van der Waals surface area contributed by atoms with Crippen LogP contribution >= 0.6 is 11.3 Å². The van der Waals surface area contributed by atoms with Crippen LogP contribution in [0.15, 0.2) is 35.1 Å². The molecular formula is C19H21N3OS. The first kappa shape index (κ1) is 15.5. The van der Waals surface area contributed by atoms with E-state index in [1.807, 2.05) is 11.3 Å². The van der Waals surface area contributed by atoms with Crippen molar-refractivity contribution in [2.45, 2.75) is 39.3 Å². The first-order valence-corrected chi connectivity index (χ1v) is 9.35. The molecule has 4 rings (SSSR count). The number of thiophene rings is 1. The van der Waals surface area contributed by atoms with Gasteiger partial charge in [0, 0.05) is 41.2 Å². The average molecular weight is 339 g/mol. The summed E-state index contributed by atoms with van der Waals surface area (Å²) >= 11 is 1.86. The Kier molecular flexibility index (Phi) is 4.21. The molecule has 0 fully saturated rings. The third-order valence-electron chi connectivity index (χ3n) is 4.54. The number of aryl methyl sites for hydroxylation is 1. The third kappa shape index (κ3) is 3.01. The molecule has 0 aliphatic carbocycles. The number of benzene rings is 1. The Morgan fingerprint density at radius 1 is 1.33 bits per heavy atom. The summed E-state index contributed by atoms with van der Waals surface area (Å²) in [5.74, 6) is 0.824. The Morgan fingerprint density at radius 3 is 3.04 bits per heavy atom. The van der Waals surface area contributed by atoms with Crippen molar-refractivity contribution in [3.05, 3.63) is 62.6 Å². The molecule has 0 unspecified atom stereocenters. The molecule has 5 heteroatoms. The second-order valence-corrected chi connectivity index (χ2v) is 7.57. The summed E-state index contributed by atoms with van der Waals surface area (Å²) in [5, 5.41) is 1.31. The minimum atomic E-state index is 0.0602. The van der Waals surface area contributed by atoms with E-state index in [9.17, 15) is 4.79 Å². The van der Waals surface area contributed by atoms with E-state index in [2.05, 4.69) is 47.1 Å². The molecule has 0 atom stereocenters. The Balaban J connectivity index is 1.56. The lowest BCUT2D eigenvalue weighted by Gasteiger charge is -2.27. The van der Waals surface area contributed by atoms with Crippen molar-refractivity contribution in [2.24, 2.45) is 0 Å². The molecule has 2 aromatic heterocycles. The van der Waals surface area contributed by atoms with Crippen LogP contribution in [-0.2, 0) is 25.9 Å². The fourth-order valence-corrected chi connectivity index (χ4v) is 4.48. The van der Waals surface area contributed by atoms with Crippen LogP contribution in [0.2, 0.25) is 0 Å². The van der Waals surface area contributed by atoms with Crippen molar-refractivity contribution in [2.75, 3.05) is 6.54 Å². The predicted molar refractivity (Wildman–Crippen MR) is 98.5 cm³/mol. The second kappa shape index (κ2) is 6.49. The number of nitrogens with zero attached hydrogens (tertiary/aromatic N) is 2. The Morgan fingerprint density at radius 2 is 2.21 bits per heavy atom. The van der Waals surface area contributed by atoms with Crippen molar-refractivity contribution in [1.82, 2.24) is 14.9 Å². The van der Waals surface area contributed by atoms with Gasteiger partial charge in [-0.05, 0) is 30.4 Å². The number of aromatic nitrogens is 2. The Hall–Kier alpha value is -1.98. The molecule has 1 aliphatic rings. The molecule has 24 heavy (non-hydrogen) atoms. The molecule has 3 aromatic rings. The summed E-state index contributed by atoms with van der Waals surface area (Å²) in [7, 11) is 0. The number of nitrogens with one attached hydrogen (secondary N) is 1. The van der Waals surface area contributed by atoms with Gasteiger partial charge in [-0.3, -0.25) is 9.69 Å². The average Bonchev–Trinajstić information content (AvgIpc) is 2.97. The van der Waals surface area contributed by atoms with Gasteiger partial charge in [-0.2, -0.15) is 0 Å². The van der Waals surface area contributed by atoms with Crippen LogP contribution in [0.4, 0.5) is 0 Å². The summed E-state index contributed by atoms with van der Waals surface area (Å²) in [4.78, 5) is 23.6. The van der Waals surface area contributed by atoms with Gasteiger partial charge in [0.25, 0.3) is 5.56 Å². The summed E-state index contributed by atoms with van der Waals surface area (Å²) in [6, 6.07) is 10.8. The number of fused-ring (bicyclic) bond motifs is 2. The van der Waals surface area contributed by atoms with Gasteiger partial charge in [-0.1, -0.05) is 25.1 Å². The maximum absolute atomic E-state index is 12.2. The van der Waals surface area contributed by atoms with Crippen LogP contribution in [0, 0.1) is 0 Å². The van der Waals surface area contributed by atoms with Crippen LogP contribution in [0.25, 0.3) is 10.1 Å². The number of hydrogen-bond donors (Lipinski definition) is 1. The highest BCUT2D eigenvalue weighted by Gasteiger charge is 2.21. The van der Waals surface area contributed by atoms with Crippen molar-refractivity contribution < 1.29 is 0 Å². The monoisotopic (exact) mass is 339 g/mol. The number of aromatic amines is 1. The molecular weight excluding hydrogens is 318 g/mol. The number of hydrogen-bond acceptors (Lipinski definition) is 4. The largest absolute Gasteiger partial charge is 0.310 e. The van der Waals surface area contributed by atoms with Gasteiger partial charge in [0.15, 0.2) is 0 Å². The van der Waals surface area contributed by atoms with E-state index >= 15 is 0 Å². The van der Waals surface area contributed by atoms with Gasteiger partial charge in [-0.15, -0.1) is 11.3 Å². The first-order valence-electron chi connectivity index (χ1n) is 8.53. The van der Waals surface area contributed by atoms with Gasteiger partial charge in [0.2, 0.25) is 0 Å². The maximum Gasteiger partial charge on any atom is 0.254 e. The lowest BCUT2D eigenvalue weighted by atomic mass is 10.1. The zero-order valence-electron chi connectivity index (χ0n) is 13.8. The van der Waals surface area contributed by atoms with E-state index in [-0.39, 0.29) is 5.56 Å². The molecule has 1 aromatic carbocycles. The van der Waals surface area contributed by atoms with E-state index in [0.29, 0.717) is 0 Å². The highest BCUT2D eigenvalue weighted by molar-refractivity contribution is 7.19. The molecule has 0 spiro atoms. The van der Waals surface area contributed by atoms with E-state index < -0.39 is 0 Å². The zero-order valence-corrected chi connectivity index (χ0v) is 14.7. The molecule has 0 bridgehead atoms.